The van der Waals surface area contributed by atoms with Crippen molar-refractivity contribution in [1.82, 2.24) is 10.2 Å². The van der Waals surface area contributed by atoms with Crippen LogP contribution in [0.5, 0.6) is 5.75 Å². The number of hydrogen-bond donors (Lipinski definition) is 1. The number of nitrogens with one attached hydrogen (secondary N) is 1. The largest absolute Gasteiger partial charge is 0.492 e. The third kappa shape index (κ3) is 4.80. The molecule has 1 aromatic rings. The van der Waals surface area contributed by atoms with E-state index in [0.29, 0.717) is 12.6 Å². The molecule has 0 saturated carbocycles. The summed E-state index contributed by atoms with van der Waals surface area (Å²) in [4.78, 5) is 2.18. The van der Waals surface area contributed by atoms with E-state index in [-0.39, 0.29) is 5.54 Å². The van der Waals surface area contributed by atoms with Gasteiger partial charge in [0.2, 0.25) is 0 Å². The van der Waals surface area contributed by atoms with Crippen molar-refractivity contribution in [2.24, 2.45) is 0 Å². The fourth-order valence-corrected chi connectivity index (χ4v) is 1.93. The molecule has 0 radical (unpaired) electrons. The van der Waals surface area contributed by atoms with E-state index in [0.717, 1.165) is 18.7 Å². The minimum atomic E-state index is 0.0361. The van der Waals surface area contributed by atoms with Crippen LogP contribution in [0.2, 0.25) is 0 Å². The zero-order chi connectivity index (χ0) is 15.2. The van der Waals surface area contributed by atoms with Crippen molar-refractivity contribution in [3.05, 3.63) is 29.8 Å². The summed E-state index contributed by atoms with van der Waals surface area (Å²) in [5.41, 5.74) is 1.36. The van der Waals surface area contributed by atoms with Gasteiger partial charge in [0, 0.05) is 11.6 Å². The van der Waals surface area contributed by atoms with Crippen LogP contribution < -0.4 is 10.1 Å². The van der Waals surface area contributed by atoms with Gasteiger partial charge in [-0.15, -0.1) is 0 Å². The normalized spacial score (nSPS) is 13.6. The van der Waals surface area contributed by atoms with Crippen LogP contribution >= 0.6 is 0 Å². The fraction of sp³-hybridized carbons (Fsp3) is 0.647. The summed E-state index contributed by atoms with van der Waals surface area (Å²) in [5.74, 6) is 0.940. The highest BCUT2D eigenvalue weighted by Crippen LogP contribution is 2.21. The average molecular weight is 278 g/mol. The molecule has 0 saturated heterocycles. The number of nitrogens with zero attached hydrogens (tertiary/aromatic N) is 1. The van der Waals surface area contributed by atoms with Gasteiger partial charge in [-0.3, -0.25) is 0 Å². The Kier molecular flexibility index (Phi) is 6.50. The molecule has 0 aliphatic carbocycles. The molecule has 114 valence electrons. The minimum absolute atomic E-state index is 0.0361. The maximum absolute atomic E-state index is 5.90. The first-order chi connectivity index (χ1) is 9.40. The third-order valence-electron chi connectivity index (χ3n) is 3.94. The Labute approximate surface area is 124 Å². The second-order valence-corrected chi connectivity index (χ2v) is 6.08. The van der Waals surface area contributed by atoms with Gasteiger partial charge in [-0.25, -0.2) is 0 Å². The van der Waals surface area contributed by atoms with E-state index in [4.69, 9.17) is 4.74 Å². The van der Waals surface area contributed by atoms with Crippen molar-refractivity contribution >= 4 is 0 Å². The van der Waals surface area contributed by atoms with Gasteiger partial charge in [-0.2, -0.15) is 0 Å². The predicted molar refractivity (Wildman–Crippen MR) is 86.4 cm³/mol. The molecule has 0 heterocycles. The zero-order valence-electron chi connectivity index (χ0n) is 13.9. The summed E-state index contributed by atoms with van der Waals surface area (Å²) in [6, 6.07) is 8.90. The zero-order valence-corrected chi connectivity index (χ0v) is 13.9. The van der Waals surface area contributed by atoms with Gasteiger partial charge in [0.05, 0.1) is 0 Å². The van der Waals surface area contributed by atoms with Gasteiger partial charge in [0.1, 0.15) is 12.4 Å². The Balaban J connectivity index is 2.63. The molecule has 0 bridgehead atoms. The number of benzene rings is 1. The Hall–Kier alpha value is -1.06. The topological polar surface area (TPSA) is 24.5 Å². The highest BCUT2D eigenvalue weighted by atomic mass is 16.5. The Morgan fingerprint density at radius 1 is 1.15 bits per heavy atom. The molecule has 1 N–H and O–H groups in total. The molecule has 0 aliphatic rings. The first-order valence-electron chi connectivity index (χ1n) is 7.54. The monoisotopic (exact) mass is 278 g/mol. The van der Waals surface area contributed by atoms with E-state index >= 15 is 0 Å². The molecule has 0 aromatic heterocycles. The van der Waals surface area contributed by atoms with Crippen LogP contribution in [-0.4, -0.2) is 37.7 Å². The molecule has 0 spiro atoms. The van der Waals surface area contributed by atoms with E-state index in [1.54, 1.807) is 0 Å². The van der Waals surface area contributed by atoms with Crippen LogP contribution in [0.25, 0.3) is 0 Å². The van der Waals surface area contributed by atoms with Crippen LogP contribution in [0.1, 0.15) is 45.7 Å². The Morgan fingerprint density at radius 3 is 2.20 bits per heavy atom. The molecule has 1 aromatic carbocycles. The molecule has 1 atom stereocenters. The predicted octanol–water partition coefficient (Wildman–Crippen LogP) is 3.47. The van der Waals surface area contributed by atoms with E-state index in [1.807, 2.05) is 0 Å². The first-order valence-corrected chi connectivity index (χ1v) is 7.54. The van der Waals surface area contributed by atoms with Crippen molar-refractivity contribution in [3.8, 4) is 5.75 Å². The van der Waals surface area contributed by atoms with Crippen LogP contribution in [0, 0.1) is 0 Å². The number of likely N-dealkylation sites (N-methyl/N-ethyl adjacent to an activating group) is 1. The smallest absolute Gasteiger partial charge is 0.119 e. The van der Waals surface area contributed by atoms with E-state index in [2.05, 4.69) is 76.3 Å². The maximum Gasteiger partial charge on any atom is 0.119 e. The first kappa shape index (κ1) is 17.0. The van der Waals surface area contributed by atoms with E-state index in [1.165, 1.54) is 5.56 Å². The molecule has 3 heteroatoms. The summed E-state index contributed by atoms with van der Waals surface area (Å²) in [6.45, 7) is 10.4. The van der Waals surface area contributed by atoms with Crippen molar-refractivity contribution in [1.29, 1.82) is 0 Å². The molecular formula is C17H30N2O. The van der Waals surface area contributed by atoms with Crippen LogP contribution in [0.4, 0.5) is 0 Å². The average Bonchev–Trinajstić information content (AvgIpc) is 2.43. The van der Waals surface area contributed by atoms with Crippen molar-refractivity contribution in [3.63, 3.8) is 0 Å². The van der Waals surface area contributed by atoms with Crippen LogP contribution in [0.3, 0.4) is 0 Å². The van der Waals surface area contributed by atoms with E-state index < -0.39 is 0 Å². The summed E-state index contributed by atoms with van der Waals surface area (Å²) >= 11 is 0. The molecule has 3 nitrogen and oxygen atoms in total. The Morgan fingerprint density at radius 2 is 1.75 bits per heavy atom. The quantitative estimate of drug-likeness (QED) is 0.788. The molecule has 0 fully saturated rings. The Bertz CT molecular complexity index is 384. The minimum Gasteiger partial charge on any atom is -0.492 e. The number of hydrogen-bond acceptors (Lipinski definition) is 3. The lowest BCUT2D eigenvalue weighted by Crippen LogP contribution is -2.43. The second kappa shape index (κ2) is 7.65. The lowest BCUT2D eigenvalue weighted by atomic mass is 10.0. The SMILES string of the molecule is CCNC(CC)c1ccc(OCC(C)(C)N(C)C)cc1. The third-order valence-corrected chi connectivity index (χ3v) is 3.94. The van der Waals surface area contributed by atoms with Crippen molar-refractivity contribution in [2.75, 3.05) is 27.2 Å². The fourth-order valence-electron chi connectivity index (χ4n) is 1.93. The number of rotatable bonds is 8. The highest BCUT2D eigenvalue weighted by molar-refractivity contribution is 5.29. The van der Waals surface area contributed by atoms with Crippen LogP contribution in [0.15, 0.2) is 24.3 Å². The van der Waals surface area contributed by atoms with Crippen LogP contribution in [-0.2, 0) is 0 Å². The summed E-state index contributed by atoms with van der Waals surface area (Å²) in [6.07, 6.45) is 1.10. The van der Waals surface area contributed by atoms with Gasteiger partial charge in [-0.1, -0.05) is 26.0 Å². The number of ether oxygens (including phenoxy) is 1. The summed E-state index contributed by atoms with van der Waals surface area (Å²) in [7, 11) is 4.16. The lowest BCUT2D eigenvalue weighted by Gasteiger charge is -2.32. The van der Waals surface area contributed by atoms with Gasteiger partial charge in [0.15, 0.2) is 0 Å². The van der Waals surface area contributed by atoms with E-state index in [9.17, 15) is 0 Å². The van der Waals surface area contributed by atoms with Crippen molar-refractivity contribution in [2.45, 2.75) is 45.7 Å². The standard InChI is InChI=1S/C17H30N2O/c1-7-16(18-8-2)14-9-11-15(12-10-14)20-13-17(3,4)19(5)6/h9-12,16,18H,7-8,13H2,1-6H3. The molecule has 0 amide bonds. The van der Waals surface area contributed by atoms with Gasteiger partial charge in [0.25, 0.3) is 0 Å². The summed E-state index contributed by atoms with van der Waals surface area (Å²) in [5, 5.41) is 3.49. The summed E-state index contributed by atoms with van der Waals surface area (Å²) < 4.78 is 5.90. The molecule has 1 rings (SSSR count). The second-order valence-electron chi connectivity index (χ2n) is 6.08. The molecule has 1 unspecified atom stereocenters. The molecule has 0 aliphatic heterocycles. The van der Waals surface area contributed by atoms with Gasteiger partial charge < -0.3 is 15.0 Å². The van der Waals surface area contributed by atoms with Gasteiger partial charge in [-0.05, 0) is 58.6 Å². The molecule has 20 heavy (non-hydrogen) atoms. The van der Waals surface area contributed by atoms with Crippen molar-refractivity contribution < 1.29 is 4.74 Å². The maximum atomic E-state index is 5.90. The van der Waals surface area contributed by atoms with Gasteiger partial charge >= 0.3 is 0 Å². The lowest BCUT2D eigenvalue weighted by molar-refractivity contribution is 0.114. The highest BCUT2D eigenvalue weighted by Gasteiger charge is 2.21. The molecular weight excluding hydrogens is 248 g/mol.